The first-order valence-electron chi connectivity index (χ1n) is 9.91. The van der Waals surface area contributed by atoms with Crippen LogP contribution in [0.1, 0.15) is 24.0 Å². The zero-order valence-corrected chi connectivity index (χ0v) is 15.0. The van der Waals surface area contributed by atoms with Crippen LogP contribution in [0.15, 0.2) is 47.6 Å². The number of phenolic OH excluding ortho intramolecular Hbond substituents is 1. The van der Waals surface area contributed by atoms with Crippen molar-refractivity contribution in [3.8, 4) is 5.75 Å². The Kier molecular flexibility index (Phi) is 3.95. The number of carboxylic acids is 1. The van der Waals surface area contributed by atoms with Crippen molar-refractivity contribution in [2.45, 2.75) is 24.4 Å². The number of β-lactam (4-membered cyclic amide) rings is 1. The highest BCUT2D eigenvalue weighted by Crippen LogP contribution is 2.40. The summed E-state index contributed by atoms with van der Waals surface area (Å²) in [7, 11) is 0. The van der Waals surface area contributed by atoms with Crippen LogP contribution in [0.25, 0.3) is 0 Å². The lowest BCUT2D eigenvalue weighted by Gasteiger charge is -2.49. The van der Waals surface area contributed by atoms with Crippen molar-refractivity contribution in [3.05, 3.63) is 53.2 Å². The number of rotatable bonds is 5. The number of fused-ring (bicyclic) bond motifs is 1. The Morgan fingerprint density at radius 3 is 2.70 bits per heavy atom. The van der Waals surface area contributed by atoms with Gasteiger partial charge in [0.05, 0.1) is 5.48 Å². The third-order valence-corrected chi connectivity index (χ3v) is 5.39. The molecule has 2 aliphatic rings. The van der Waals surface area contributed by atoms with Crippen LogP contribution in [-0.4, -0.2) is 50.1 Å². The number of thioether (sulfide) groups is 1. The number of carbonyl (C=O) groups is 3. The second-order valence-electron chi connectivity index (χ2n) is 5.82. The number of aromatic hydroxyl groups is 1. The Balaban J connectivity index is 1.84. The number of hydrogen-bond acceptors (Lipinski definition) is 6. The maximum absolute atomic E-state index is 12.7. The van der Waals surface area contributed by atoms with E-state index in [1.54, 1.807) is 19.1 Å². The Morgan fingerprint density at radius 2 is 2.11 bits per heavy atom. The Bertz CT molecular complexity index is 1030. The molecule has 2 amide bonds. The van der Waals surface area contributed by atoms with Gasteiger partial charge in [-0.15, -0.1) is 11.8 Å². The van der Waals surface area contributed by atoms with Crippen LogP contribution >= 0.6 is 11.8 Å². The Hall–Kier alpha value is -2.78. The molecule has 1 fully saturated rings. The smallest absolute Gasteiger partial charge is 0.352 e. The van der Waals surface area contributed by atoms with Crippen molar-refractivity contribution in [3.63, 3.8) is 0 Å². The van der Waals surface area contributed by atoms with Gasteiger partial charge in [-0.25, -0.2) is 4.79 Å². The number of amides is 2. The lowest BCUT2D eigenvalue weighted by molar-refractivity contribution is -0.150. The van der Waals surface area contributed by atoms with Gasteiger partial charge in [0.25, 0.3) is 5.91 Å². The molecule has 0 radical (unpaired) electrons. The third-order valence-electron chi connectivity index (χ3n) is 4.09. The van der Waals surface area contributed by atoms with Crippen molar-refractivity contribution in [1.82, 2.24) is 10.2 Å². The summed E-state index contributed by atoms with van der Waals surface area (Å²) in [6.45, 7) is 1.72. The number of aliphatic carboxylic acids is 1. The van der Waals surface area contributed by atoms with E-state index in [0.717, 1.165) is 4.90 Å². The van der Waals surface area contributed by atoms with Crippen LogP contribution in [0.4, 0.5) is 0 Å². The topological polar surface area (TPSA) is 133 Å². The first-order chi connectivity index (χ1) is 14.5. The van der Waals surface area contributed by atoms with E-state index in [1.807, 2.05) is 0 Å². The number of carboxylic acid groups (broad SMARTS) is 1. The van der Waals surface area contributed by atoms with Gasteiger partial charge in [-0.3, -0.25) is 14.5 Å². The van der Waals surface area contributed by atoms with Crippen molar-refractivity contribution in [2.75, 3.05) is 5.75 Å². The monoisotopic (exact) mass is 393 g/mol. The highest BCUT2D eigenvalue weighted by Gasteiger charge is 2.54. The maximum atomic E-state index is 12.7. The highest BCUT2D eigenvalue weighted by molar-refractivity contribution is 8.00. The fourth-order valence-electron chi connectivity index (χ4n) is 2.82. The molecule has 0 aliphatic carbocycles. The van der Waals surface area contributed by atoms with E-state index in [1.165, 1.54) is 11.8 Å². The predicted octanol–water partition coefficient (Wildman–Crippen LogP) is 0.707. The summed E-state index contributed by atoms with van der Waals surface area (Å²) < 4.78 is 31.1. The molecule has 5 N–H and O–H groups in total. The summed E-state index contributed by atoms with van der Waals surface area (Å²) in [4.78, 5) is 38.0. The average Bonchev–Trinajstić information content (AvgIpc) is 2.74. The van der Waals surface area contributed by atoms with Crippen LogP contribution in [-0.2, 0) is 14.4 Å². The number of nitrogens with zero attached hydrogens (tertiary/aromatic N) is 1. The van der Waals surface area contributed by atoms with E-state index in [0.29, 0.717) is 11.3 Å². The molecule has 0 saturated carbocycles. The summed E-state index contributed by atoms with van der Waals surface area (Å²) in [5.74, 6) is -3.37. The van der Waals surface area contributed by atoms with Crippen molar-refractivity contribution >= 4 is 29.5 Å². The second-order valence-corrected chi connectivity index (χ2v) is 6.92. The lowest BCUT2D eigenvalue weighted by atomic mass is 10.0. The van der Waals surface area contributed by atoms with Crippen LogP contribution in [0.5, 0.6) is 5.75 Å². The molecule has 1 saturated heterocycles. The van der Waals surface area contributed by atoms with E-state index in [2.05, 4.69) is 5.32 Å². The van der Waals surface area contributed by atoms with Crippen molar-refractivity contribution in [1.29, 1.82) is 0 Å². The van der Waals surface area contributed by atoms with Gasteiger partial charge in [0.2, 0.25) is 5.91 Å². The number of allylic oxidation sites excluding steroid dienone is 2. The summed E-state index contributed by atoms with van der Waals surface area (Å²) in [6, 6.07) is -5.50. The van der Waals surface area contributed by atoms with Crippen LogP contribution in [0.3, 0.4) is 0 Å². The molecule has 27 heavy (non-hydrogen) atoms. The summed E-state index contributed by atoms with van der Waals surface area (Å²) >= 11 is 1.27. The van der Waals surface area contributed by atoms with Gasteiger partial charge in [0.15, 0.2) is 0 Å². The quantitative estimate of drug-likeness (QED) is 0.541. The first kappa shape index (κ1) is 14.3. The number of hydrogen-bond donors (Lipinski definition) is 4. The largest absolute Gasteiger partial charge is 0.508 e. The summed E-state index contributed by atoms with van der Waals surface area (Å²) in [5.41, 5.74) is 5.75. The fraction of sp³-hybridized carbons (Fsp3) is 0.278. The SMILES string of the molecule is [2H]c1c([2H])c([C@@H](N)C(=O)N[C@@H]2C(=O)N3C(C(=O)O)=C(C=CC)CS[C@H]23)c([2H])c([2H])c1O. The molecule has 0 aromatic heterocycles. The summed E-state index contributed by atoms with van der Waals surface area (Å²) in [6.07, 6.45) is 3.27. The second kappa shape index (κ2) is 7.45. The molecule has 0 spiro atoms. The van der Waals surface area contributed by atoms with Gasteiger partial charge in [-0.05, 0) is 30.1 Å². The number of benzene rings is 1. The lowest BCUT2D eigenvalue weighted by Crippen LogP contribution is -2.71. The highest BCUT2D eigenvalue weighted by atomic mass is 32.2. The van der Waals surface area contributed by atoms with Crippen molar-refractivity contribution < 1.29 is 30.1 Å². The molecule has 9 heteroatoms. The molecule has 1 aromatic carbocycles. The van der Waals surface area contributed by atoms with E-state index >= 15 is 0 Å². The number of nitrogens with one attached hydrogen (secondary N) is 1. The molecule has 0 bridgehead atoms. The van der Waals surface area contributed by atoms with E-state index in [4.69, 9.17) is 11.2 Å². The first-order valence-corrected chi connectivity index (χ1v) is 8.96. The van der Waals surface area contributed by atoms with Gasteiger partial charge < -0.3 is 21.3 Å². The Labute approximate surface area is 165 Å². The van der Waals surface area contributed by atoms with E-state index in [9.17, 15) is 24.6 Å². The third kappa shape index (κ3) is 3.43. The van der Waals surface area contributed by atoms with Crippen molar-refractivity contribution in [2.24, 2.45) is 5.73 Å². The zero-order valence-electron chi connectivity index (χ0n) is 18.1. The van der Waals surface area contributed by atoms with E-state index < -0.39 is 70.7 Å². The minimum absolute atomic E-state index is 0.153. The zero-order chi connectivity index (χ0) is 23.2. The molecule has 8 nitrogen and oxygen atoms in total. The number of nitrogens with two attached hydrogens (primary N) is 1. The number of phenols is 1. The fourth-order valence-corrected chi connectivity index (χ4v) is 4.14. The van der Waals surface area contributed by atoms with Crippen LogP contribution in [0.2, 0.25) is 0 Å². The molecule has 1 aromatic rings. The van der Waals surface area contributed by atoms with E-state index in [-0.39, 0.29) is 5.70 Å². The predicted molar refractivity (Wildman–Crippen MR) is 99.5 cm³/mol. The average molecular weight is 393 g/mol. The molecular weight excluding hydrogens is 370 g/mol. The minimum atomic E-state index is -1.64. The van der Waals surface area contributed by atoms with Crippen LogP contribution < -0.4 is 11.1 Å². The molecule has 0 unspecified atom stereocenters. The van der Waals surface area contributed by atoms with Crippen LogP contribution in [0, 0.1) is 0 Å². The molecule has 142 valence electrons. The molecule has 2 aliphatic heterocycles. The minimum Gasteiger partial charge on any atom is -0.508 e. The standard InChI is InChI=1S/C18H19N3O5S/c1-2-3-10-8-27-17-13(16(24)21(17)14(10)18(25)26)20-15(23)12(19)9-4-6-11(22)7-5-9/h2-7,12-13,17,22H,8,19H2,1H3,(H,20,23)(H,25,26)/t12-,13-,17-/m1/s1/i4D,5D,6D,7D. The molecular formula is C18H19N3O5S. The van der Waals surface area contributed by atoms with Gasteiger partial charge in [0, 0.05) is 5.75 Å². The normalized spacial score (nSPS) is 25.1. The van der Waals surface area contributed by atoms with Gasteiger partial charge >= 0.3 is 5.97 Å². The van der Waals surface area contributed by atoms with Gasteiger partial charge in [-0.1, -0.05) is 24.2 Å². The maximum Gasteiger partial charge on any atom is 0.352 e. The summed E-state index contributed by atoms with van der Waals surface area (Å²) in [5, 5.41) is 20.9. The molecule has 3 atom stereocenters. The Morgan fingerprint density at radius 1 is 1.44 bits per heavy atom. The number of carbonyl (C=O) groups excluding carboxylic acids is 2. The molecule has 2 heterocycles. The molecule has 3 rings (SSSR count). The van der Waals surface area contributed by atoms with Gasteiger partial charge in [-0.2, -0.15) is 0 Å². The van der Waals surface area contributed by atoms with Gasteiger partial charge in [0.1, 0.15) is 28.9 Å².